The Hall–Kier alpha value is -2.82. The zero-order valence-electron chi connectivity index (χ0n) is 12.3. The Kier molecular flexibility index (Phi) is 5.14. The van der Waals surface area contributed by atoms with Crippen molar-refractivity contribution in [1.29, 1.82) is 0 Å². The number of ether oxygens (including phenoxy) is 1. The molecule has 2 rings (SSSR count). The molecule has 0 aliphatic heterocycles. The fourth-order valence-corrected chi connectivity index (χ4v) is 2.07. The summed E-state index contributed by atoms with van der Waals surface area (Å²) in [4.78, 5) is 23.4. The number of carbonyl (C=O) groups is 2. The molecular formula is C17H18N2O3. The van der Waals surface area contributed by atoms with Crippen LogP contribution < -0.4 is 11.1 Å². The summed E-state index contributed by atoms with van der Waals surface area (Å²) in [5.41, 5.74) is 8.37. The molecule has 22 heavy (non-hydrogen) atoms. The van der Waals surface area contributed by atoms with E-state index in [1.807, 2.05) is 24.3 Å². The van der Waals surface area contributed by atoms with Crippen molar-refractivity contribution in [2.24, 2.45) is 0 Å². The van der Waals surface area contributed by atoms with E-state index in [9.17, 15) is 9.59 Å². The van der Waals surface area contributed by atoms with Crippen LogP contribution in [0.3, 0.4) is 0 Å². The van der Waals surface area contributed by atoms with Crippen LogP contribution >= 0.6 is 0 Å². The molecule has 0 fully saturated rings. The van der Waals surface area contributed by atoms with Gasteiger partial charge in [0.05, 0.1) is 12.7 Å². The standard InChI is InChI=1S/C17H18N2O3/c1-22-17(21)13-5-3-7-15(11-13)19-16(20)9-8-12-4-2-6-14(18)10-12/h2-7,10-11H,8-9,18H2,1H3,(H,19,20). The first kappa shape index (κ1) is 15.6. The third-order valence-corrected chi connectivity index (χ3v) is 3.16. The maximum atomic E-state index is 12.0. The number of aryl methyl sites for hydroxylation is 1. The number of anilines is 2. The van der Waals surface area contributed by atoms with Gasteiger partial charge < -0.3 is 15.8 Å². The van der Waals surface area contributed by atoms with Crippen LogP contribution in [0.15, 0.2) is 48.5 Å². The lowest BCUT2D eigenvalue weighted by atomic mass is 10.1. The highest BCUT2D eigenvalue weighted by atomic mass is 16.5. The lowest BCUT2D eigenvalue weighted by Gasteiger charge is -2.07. The maximum absolute atomic E-state index is 12.0. The van der Waals surface area contributed by atoms with E-state index in [1.165, 1.54) is 7.11 Å². The number of nitrogens with one attached hydrogen (secondary N) is 1. The molecule has 5 heteroatoms. The second kappa shape index (κ2) is 7.26. The number of carbonyl (C=O) groups excluding carboxylic acids is 2. The fraction of sp³-hybridized carbons (Fsp3) is 0.176. The smallest absolute Gasteiger partial charge is 0.337 e. The molecule has 0 bridgehead atoms. The SMILES string of the molecule is COC(=O)c1cccc(NC(=O)CCc2cccc(N)c2)c1. The van der Waals surface area contributed by atoms with Crippen LogP contribution in [-0.2, 0) is 16.0 Å². The van der Waals surface area contributed by atoms with Gasteiger partial charge in [0.25, 0.3) is 0 Å². The van der Waals surface area contributed by atoms with E-state index in [0.717, 1.165) is 5.56 Å². The monoisotopic (exact) mass is 298 g/mol. The van der Waals surface area contributed by atoms with Crippen molar-refractivity contribution < 1.29 is 14.3 Å². The second-order valence-electron chi connectivity index (χ2n) is 4.87. The number of hydrogen-bond acceptors (Lipinski definition) is 4. The van der Waals surface area contributed by atoms with Gasteiger partial charge in [-0.2, -0.15) is 0 Å². The van der Waals surface area contributed by atoms with Gasteiger partial charge >= 0.3 is 5.97 Å². The minimum atomic E-state index is -0.434. The number of methoxy groups -OCH3 is 1. The van der Waals surface area contributed by atoms with E-state index in [0.29, 0.717) is 29.8 Å². The zero-order valence-corrected chi connectivity index (χ0v) is 12.3. The molecular weight excluding hydrogens is 280 g/mol. The minimum absolute atomic E-state index is 0.121. The van der Waals surface area contributed by atoms with Crippen LogP contribution in [0.4, 0.5) is 11.4 Å². The zero-order chi connectivity index (χ0) is 15.9. The van der Waals surface area contributed by atoms with Gasteiger partial charge in [0.1, 0.15) is 0 Å². The van der Waals surface area contributed by atoms with Gasteiger partial charge in [-0.15, -0.1) is 0 Å². The van der Waals surface area contributed by atoms with Gasteiger partial charge in [-0.1, -0.05) is 18.2 Å². The van der Waals surface area contributed by atoms with Crippen molar-refractivity contribution in [2.75, 3.05) is 18.2 Å². The van der Waals surface area contributed by atoms with Crippen LogP contribution in [0.5, 0.6) is 0 Å². The number of nitrogen functional groups attached to an aromatic ring is 1. The summed E-state index contributed by atoms with van der Waals surface area (Å²) < 4.78 is 4.65. The Morgan fingerprint density at radius 2 is 1.91 bits per heavy atom. The molecule has 5 nitrogen and oxygen atoms in total. The molecule has 0 aliphatic carbocycles. The Morgan fingerprint density at radius 3 is 2.64 bits per heavy atom. The van der Waals surface area contributed by atoms with Crippen LogP contribution in [-0.4, -0.2) is 19.0 Å². The van der Waals surface area contributed by atoms with Crippen molar-refractivity contribution in [3.8, 4) is 0 Å². The fourth-order valence-electron chi connectivity index (χ4n) is 2.07. The van der Waals surface area contributed by atoms with E-state index < -0.39 is 5.97 Å². The predicted molar refractivity (Wildman–Crippen MR) is 85.6 cm³/mol. The summed E-state index contributed by atoms with van der Waals surface area (Å²) >= 11 is 0. The van der Waals surface area contributed by atoms with Gasteiger partial charge in [0.15, 0.2) is 0 Å². The summed E-state index contributed by atoms with van der Waals surface area (Å²) in [6, 6.07) is 14.1. The highest BCUT2D eigenvalue weighted by molar-refractivity contribution is 5.94. The Balaban J connectivity index is 1.93. The molecule has 0 radical (unpaired) electrons. The number of esters is 1. The van der Waals surface area contributed by atoms with Crippen LogP contribution in [0.2, 0.25) is 0 Å². The molecule has 0 spiro atoms. The minimum Gasteiger partial charge on any atom is -0.465 e. The van der Waals surface area contributed by atoms with E-state index in [2.05, 4.69) is 10.1 Å². The van der Waals surface area contributed by atoms with Crippen LogP contribution in [0, 0.1) is 0 Å². The lowest BCUT2D eigenvalue weighted by molar-refractivity contribution is -0.116. The third-order valence-electron chi connectivity index (χ3n) is 3.16. The molecule has 0 atom stereocenters. The predicted octanol–water partition coefficient (Wildman–Crippen LogP) is 2.63. The number of rotatable bonds is 5. The number of hydrogen-bond donors (Lipinski definition) is 2. The van der Waals surface area contributed by atoms with Crippen molar-refractivity contribution in [1.82, 2.24) is 0 Å². The Labute approximate surface area is 129 Å². The quantitative estimate of drug-likeness (QED) is 0.656. The van der Waals surface area contributed by atoms with E-state index in [1.54, 1.807) is 24.3 Å². The first-order chi connectivity index (χ1) is 10.6. The average molecular weight is 298 g/mol. The Bertz CT molecular complexity index is 683. The number of benzene rings is 2. The first-order valence-electron chi connectivity index (χ1n) is 6.91. The highest BCUT2D eigenvalue weighted by Gasteiger charge is 2.08. The molecule has 2 aromatic carbocycles. The van der Waals surface area contributed by atoms with Crippen molar-refractivity contribution in [3.05, 3.63) is 59.7 Å². The summed E-state index contributed by atoms with van der Waals surface area (Å²) in [5, 5.41) is 2.77. The molecule has 1 amide bonds. The molecule has 0 heterocycles. The Morgan fingerprint density at radius 1 is 1.14 bits per heavy atom. The van der Waals surface area contributed by atoms with Crippen LogP contribution in [0.25, 0.3) is 0 Å². The number of nitrogens with two attached hydrogens (primary N) is 1. The van der Waals surface area contributed by atoms with E-state index >= 15 is 0 Å². The highest BCUT2D eigenvalue weighted by Crippen LogP contribution is 2.13. The molecule has 0 saturated carbocycles. The maximum Gasteiger partial charge on any atom is 0.337 e. The lowest BCUT2D eigenvalue weighted by Crippen LogP contribution is -2.13. The van der Waals surface area contributed by atoms with Gasteiger partial charge in [0.2, 0.25) is 5.91 Å². The summed E-state index contributed by atoms with van der Waals surface area (Å²) in [6.45, 7) is 0. The van der Waals surface area contributed by atoms with Gasteiger partial charge in [-0.05, 0) is 42.3 Å². The van der Waals surface area contributed by atoms with Gasteiger partial charge in [0, 0.05) is 17.8 Å². The van der Waals surface area contributed by atoms with E-state index in [-0.39, 0.29) is 5.91 Å². The topological polar surface area (TPSA) is 81.4 Å². The van der Waals surface area contributed by atoms with Crippen molar-refractivity contribution in [3.63, 3.8) is 0 Å². The molecule has 2 aromatic rings. The largest absolute Gasteiger partial charge is 0.465 e. The summed E-state index contributed by atoms with van der Waals surface area (Å²) in [7, 11) is 1.32. The molecule has 0 unspecified atom stereocenters. The molecule has 114 valence electrons. The number of amides is 1. The second-order valence-corrected chi connectivity index (χ2v) is 4.87. The molecule has 0 saturated heterocycles. The van der Waals surface area contributed by atoms with Crippen molar-refractivity contribution >= 4 is 23.3 Å². The summed E-state index contributed by atoms with van der Waals surface area (Å²) in [6.07, 6.45) is 0.944. The summed E-state index contributed by atoms with van der Waals surface area (Å²) in [5.74, 6) is -0.555. The molecule has 0 aliphatic rings. The van der Waals surface area contributed by atoms with Gasteiger partial charge in [-0.25, -0.2) is 4.79 Å². The van der Waals surface area contributed by atoms with Gasteiger partial charge in [-0.3, -0.25) is 4.79 Å². The average Bonchev–Trinajstić information content (AvgIpc) is 2.52. The van der Waals surface area contributed by atoms with E-state index in [4.69, 9.17) is 5.73 Å². The third kappa shape index (κ3) is 4.34. The molecule has 3 N–H and O–H groups in total. The van der Waals surface area contributed by atoms with Crippen LogP contribution in [0.1, 0.15) is 22.3 Å². The van der Waals surface area contributed by atoms with Crippen molar-refractivity contribution in [2.45, 2.75) is 12.8 Å². The first-order valence-corrected chi connectivity index (χ1v) is 6.91. The normalized spacial score (nSPS) is 10.0. The molecule has 0 aromatic heterocycles.